The summed E-state index contributed by atoms with van der Waals surface area (Å²) in [5.74, 6) is -0.651. The summed E-state index contributed by atoms with van der Waals surface area (Å²) in [6.45, 7) is 3.62. The largest absolute Gasteiger partial charge is 0.492 e. The standard InChI is InChI=1S/C25H25FN4O3/c1-2-30-16-17(20-8-3-4-9-23(20)30)10-11-22-21(24(31)32)15-28-25(29-22)27-12-13-33-19-7-5-6-18(26)14-19/h3-9,14-16H,2,10-13H2,1H3,(H,31,32)(H,27,28,29). The smallest absolute Gasteiger partial charge is 0.339 e. The van der Waals surface area contributed by atoms with Gasteiger partial charge in [0.1, 0.15) is 18.2 Å². The normalized spacial score (nSPS) is 11.0. The van der Waals surface area contributed by atoms with Gasteiger partial charge in [-0.3, -0.25) is 0 Å². The lowest BCUT2D eigenvalue weighted by atomic mass is 10.0. The number of benzene rings is 2. The molecule has 2 aromatic heterocycles. The Balaban J connectivity index is 1.44. The van der Waals surface area contributed by atoms with Crippen LogP contribution in [0.4, 0.5) is 10.3 Å². The highest BCUT2D eigenvalue weighted by Gasteiger charge is 2.15. The average molecular weight is 448 g/mol. The molecule has 4 aromatic rings. The Hall–Kier alpha value is -3.94. The number of fused-ring (bicyclic) bond motifs is 1. The van der Waals surface area contributed by atoms with Gasteiger partial charge in [0, 0.05) is 35.9 Å². The van der Waals surface area contributed by atoms with E-state index in [1.165, 1.54) is 18.3 Å². The molecule has 2 heterocycles. The van der Waals surface area contributed by atoms with Gasteiger partial charge in [0.15, 0.2) is 0 Å². The summed E-state index contributed by atoms with van der Waals surface area (Å²) in [4.78, 5) is 20.3. The molecule has 0 unspecified atom stereocenters. The van der Waals surface area contributed by atoms with Gasteiger partial charge >= 0.3 is 5.97 Å². The number of aryl methyl sites for hydroxylation is 3. The van der Waals surface area contributed by atoms with E-state index in [0.717, 1.165) is 23.0 Å². The maximum Gasteiger partial charge on any atom is 0.339 e. The highest BCUT2D eigenvalue weighted by atomic mass is 19.1. The second-order valence-electron chi connectivity index (χ2n) is 7.55. The van der Waals surface area contributed by atoms with Crippen LogP contribution in [0.2, 0.25) is 0 Å². The Kier molecular flexibility index (Phi) is 6.83. The zero-order valence-corrected chi connectivity index (χ0v) is 18.3. The van der Waals surface area contributed by atoms with Crippen LogP contribution in [-0.4, -0.2) is 38.8 Å². The number of carbonyl (C=O) groups is 1. The molecular formula is C25H25FN4O3. The molecule has 2 aromatic carbocycles. The summed E-state index contributed by atoms with van der Waals surface area (Å²) in [5, 5.41) is 13.8. The Morgan fingerprint density at radius 1 is 1.18 bits per heavy atom. The van der Waals surface area contributed by atoms with E-state index in [2.05, 4.69) is 45.1 Å². The van der Waals surface area contributed by atoms with Crippen LogP contribution in [0, 0.1) is 5.82 Å². The molecule has 0 aliphatic carbocycles. The predicted molar refractivity (Wildman–Crippen MR) is 124 cm³/mol. The van der Waals surface area contributed by atoms with Gasteiger partial charge in [0.2, 0.25) is 5.95 Å². The minimum Gasteiger partial charge on any atom is -0.492 e. The van der Waals surface area contributed by atoms with E-state index in [1.807, 2.05) is 12.1 Å². The maximum absolute atomic E-state index is 13.2. The topological polar surface area (TPSA) is 89.3 Å². The van der Waals surface area contributed by atoms with Crippen molar-refractivity contribution < 1.29 is 19.0 Å². The van der Waals surface area contributed by atoms with Gasteiger partial charge < -0.3 is 19.7 Å². The lowest BCUT2D eigenvalue weighted by molar-refractivity contribution is 0.0694. The molecule has 0 atom stereocenters. The number of halogens is 1. The summed E-state index contributed by atoms with van der Waals surface area (Å²) in [6.07, 6.45) is 4.58. The number of aromatic nitrogens is 3. The molecule has 0 bridgehead atoms. The Morgan fingerprint density at radius 3 is 2.82 bits per heavy atom. The second-order valence-corrected chi connectivity index (χ2v) is 7.55. The first-order valence-corrected chi connectivity index (χ1v) is 10.8. The van der Waals surface area contributed by atoms with E-state index >= 15 is 0 Å². The average Bonchev–Trinajstić information content (AvgIpc) is 3.18. The summed E-state index contributed by atoms with van der Waals surface area (Å²) < 4.78 is 20.9. The van der Waals surface area contributed by atoms with Crippen molar-refractivity contribution in [2.75, 3.05) is 18.5 Å². The number of carboxylic acid groups (broad SMARTS) is 1. The van der Waals surface area contributed by atoms with Gasteiger partial charge in [-0.2, -0.15) is 0 Å². The van der Waals surface area contributed by atoms with Gasteiger partial charge in [-0.05, 0) is 43.5 Å². The van der Waals surface area contributed by atoms with E-state index in [-0.39, 0.29) is 18.0 Å². The van der Waals surface area contributed by atoms with Crippen molar-refractivity contribution in [3.8, 4) is 5.75 Å². The molecule has 0 amide bonds. The number of nitrogens with zero attached hydrogens (tertiary/aromatic N) is 3. The van der Waals surface area contributed by atoms with Crippen LogP contribution in [0.5, 0.6) is 5.75 Å². The third-order valence-electron chi connectivity index (χ3n) is 5.39. The van der Waals surface area contributed by atoms with Crippen LogP contribution in [0.3, 0.4) is 0 Å². The van der Waals surface area contributed by atoms with Crippen molar-refractivity contribution >= 4 is 22.8 Å². The van der Waals surface area contributed by atoms with Crippen molar-refractivity contribution in [1.82, 2.24) is 14.5 Å². The molecule has 33 heavy (non-hydrogen) atoms. The first kappa shape index (κ1) is 22.3. The molecule has 7 nitrogen and oxygen atoms in total. The molecule has 0 saturated carbocycles. The highest BCUT2D eigenvalue weighted by Crippen LogP contribution is 2.23. The second kappa shape index (κ2) is 10.1. The van der Waals surface area contributed by atoms with Crippen molar-refractivity contribution in [2.45, 2.75) is 26.3 Å². The molecule has 0 spiro atoms. The van der Waals surface area contributed by atoms with Gasteiger partial charge in [0.05, 0.1) is 17.8 Å². The lowest BCUT2D eigenvalue weighted by Gasteiger charge is -2.10. The number of para-hydroxylation sites is 1. The molecule has 0 fully saturated rings. The van der Waals surface area contributed by atoms with E-state index in [1.54, 1.807) is 12.1 Å². The summed E-state index contributed by atoms with van der Waals surface area (Å²) in [6, 6.07) is 14.1. The van der Waals surface area contributed by atoms with Crippen molar-refractivity contribution in [2.24, 2.45) is 0 Å². The van der Waals surface area contributed by atoms with Gasteiger partial charge in [-0.15, -0.1) is 0 Å². The van der Waals surface area contributed by atoms with Crippen LogP contribution >= 0.6 is 0 Å². The number of hydrogen-bond donors (Lipinski definition) is 2. The van der Waals surface area contributed by atoms with Crippen molar-refractivity contribution in [3.05, 3.63) is 83.6 Å². The van der Waals surface area contributed by atoms with Crippen LogP contribution in [0.25, 0.3) is 10.9 Å². The molecular weight excluding hydrogens is 423 g/mol. The zero-order valence-electron chi connectivity index (χ0n) is 18.3. The molecule has 170 valence electrons. The van der Waals surface area contributed by atoms with E-state index < -0.39 is 5.97 Å². The molecule has 0 saturated heterocycles. The molecule has 0 aliphatic rings. The van der Waals surface area contributed by atoms with Crippen LogP contribution < -0.4 is 10.1 Å². The fraction of sp³-hybridized carbons (Fsp3) is 0.240. The minimum absolute atomic E-state index is 0.0933. The molecule has 2 N–H and O–H groups in total. The van der Waals surface area contributed by atoms with Crippen LogP contribution in [0.15, 0.2) is 60.9 Å². The maximum atomic E-state index is 13.2. The Morgan fingerprint density at radius 2 is 2.03 bits per heavy atom. The van der Waals surface area contributed by atoms with Crippen LogP contribution in [-0.2, 0) is 19.4 Å². The molecule has 8 heteroatoms. The van der Waals surface area contributed by atoms with E-state index in [9.17, 15) is 14.3 Å². The molecule has 4 rings (SSSR count). The number of hydrogen-bond acceptors (Lipinski definition) is 5. The number of rotatable bonds is 10. The highest BCUT2D eigenvalue weighted by molar-refractivity contribution is 5.88. The van der Waals surface area contributed by atoms with Gasteiger partial charge in [-0.1, -0.05) is 24.3 Å². The first-order chi connectivity index (χ1) is 16.0. The molecule has 0 aliphatic heterocycles. The quantitative estimate of drug-likeness (QED) is 0.346. The van der Waals surface area contributed by atoms with Gasteiger partial charge in [-0.25, -0.2) is 19.2 Å². The lowest BCUT2D eigenvalue weighted by Crippen LogP contribution is -2.15. The van der Waals surface area contributed by atoms with Crippen LogP contribution in [0.1, 0.15) is 28.5 Å². The third kappa shape index (κ3) is 5.28. The number of anilines is 1. The first-order valence-electron chi connectivity index (χ1n) is 10.8. The number of carboxylic acids is 1. The number of aromatic carboxylic acids is 1. The van der Waals surface area contributed by atoms with Gasteiger partial charge in [0.25, 0.3) is 0 Å². The number of ether oxygens (including phenoxy) is 1. The summed E-state index contributed by atoms with van der Waals surface area (Å²) in [7, 11) is 0. The fourth-order valence-corrected chi connectivity index (χ4v) is 3.80. The monoisotopic (exact) mass is 448 g/mol. The van der Waals surface area contributed by atoms with Crippen molar-refractivity contribution in [1.29, 1.82) is 0 Å². The third-order valence-corrected chi connectivity index (χ3v) is 5.39. The predicted octanol–water partition coefficient (Wildman–Crippen LogP) is 4.56. The minimum atomic E-state index is -1.05. The van der Waals surface area contributed by atoms with E-state index in [0.29, 0.717) is 36.8 Å². The van der Waals surface area contributed by atoms with Crippen molar-refractivity contribution in [3.63, 3.8) is 0 Å². The SMILES string of the molecule is CCn1cc(CCc2nc(NCCOc3cccc(F)c3)ncc2C(=O)O)c2ccccc21. The summed E-state index contributed by atoms with van der Waals surface area (Å²) >= 11 is 0. The number of nitrogens with one attached hydrogen (secondary N) is 1. The molecule has 0 radical (unpaired) electrons. The summed E-state index contributed by atoms with van der Waals surface area (Å²) in [5.41, 5.74) is 2.88. The zero-order chi connectivity index (χ0) is 23.2. The Labute approximate surface area is 190 Å². The Bertz CT molecular complexity index is 1270. The van der Waals surface area contributed by atoms with E-state index in [4.69, 9.17) is 4.74 Å². The fourth-order valence-electron chi connectivity index (χ4n) is 3.80.